The molecular weight excluding hydrogens is 333 g/mol. The maximum atomic E-state index is 12.1. The van der Waals surface area contributed by atoms with Crippen LogP contribution >= 0.6 is 23.2 Å². The molecule has 2 aromatic rings. The number of aromatic hydroxyl groups is 1. The first-order chi connectivity index (χ1) is 9.90. The number of benzene rings is 2. The van der Waals surface area contributed by atoms with Crippen LogP contribution in [0.2, 0.25) is 10.0 Å². The van der Waals surface area contributed by atoms with Crippen LogP contribution in [0.15, 0.2) is 47.4 Å². The van der Waals surface area contributed by atoms with Crippen molar-refractivity contribution in [2.75, 3.05) is 6.54 Å². The van der Waals surface area contributed by atoms with Crippen LogP contribution in [0, 0.1) is 0 Å². The van der Waals surface area contributed by atoms with Crippen molar-refractivity contribution in [1.29, 1.82) is 0 Å². The summed E-state index contributed by atoms with van der Waals surface area (Å²) in [5.41, 5.74) is 0.675. The first kappa shape index (κ1) is 16.1. The second-order valence-corrected chi connectivity index (χ2v) is 6.93. The molecule has 0 saturated heterocycles. The molecule has 4 nitrogen and oxygen atoms in total. The Morgan fingerprint density at radius 1 is 1.05 bits per heavy atom. The molecule has 7 heteroatoms. The Kier molecular flexibility index (Phi) is 5.11. The monoisotopic (exact) mass is 345 g/mol. The Hall–Kier alpha value is -1.27. The summed E-state index contributed by atoms with van der Waals surface area (Å²) in [6.07, 6.45) is 0.382. The molecule has 0 atom stereocenters. The molecule has 112 valence electrons. The number of sulfonamides is 1. The molecule has 2 rings (SSSR count). The molecule has 0 amide bonds. The third kappa shape index (κ3) is 4.11. The van der Waals surface area contributed by atoms with E-state index in [9.17, 15) is 13.5 Å². The van der Waals surface area contributed by atoms with Crippen LogP contribution in [0.25, 0.3) is 0 Å². The third-order valence-corrected chi connectivity index (χ3v) is 5.08. The second kappa shape index (κ2) is 6.66. The van der Waals surface area contributed by atoms with E-state index in [4.69, 9.17) is 23.2 Å². The lowest BCUT2D eigenvalue weighted by atomic mass is 10.1. The fraction of sp³-hybridized carbons (Fsp3) is 0.143. The first-order valence-electron chi connectivity index (χ1n) is 6.12. The number of rotatable bonds is 5. The third-order valence-electron chi connectivity index (χ3n) is 2.88. The van der Waals surface area contributed by atoms with Gasteiger partial charge in [0, 0.05) is 6.54 Å². The molecule has 0 heterocycles. The quantitative estimate of drug-likeness (QED) is 0.874. The zero-order valence-corrected chi connectivity index (χ0v) is 13.2. The first-order valence-corrected chi connectivity index (χ1v) is 8.35. The average molecular weight is 346 g/mol. The SMILES string of the molecule is O=S(=O)(NCCc1ccccc1O)c1ccc(Cl)c(Cl)c1. The molecule has 0 fully saturated rings. The Balaban J connectivity index is 2.05. The Bertz CT molecular complexity index is 748. The van der Waals surface area contributed by atoms with Crippen molar-refractivity contribution in [2.45, 2.75) is 11.3 Å². The number of nitrogens with one attached hydrogen (secondary N) is 1. The summed E-state index contributed by atoms with van der Waals surface area (Å²) in [4.78, 5) is 0.0502. The van der Waals surface area contributed by atoms with Crippen molar-refractivity contribution in [2.24, 2.45) is 0 Å². The molecule has 0 unspecified atom stereocenters. The average Bonchev–Trinajstić information content (AvgIpc) is 2.44. The fourth-order valence-corrected chi connectivity index (χ4v) is 3.19. The van der Waals surface area contributed by atoms with Crippen LogP contribution in [0.3, 0.4) is 0 Å². The minimum Gasteiger partial charge on any atom is -0.508 e. The maximum Gasteiger partial charge on any atom is 0.240 e. The van der Waals surface area contributed by atoms with Gasteiger partial charge in [0.05, 0.1) is 14.9 Å². The highest BCUT2D eigenvalue weighted by Crippen LogP contribution is 2.24. The summed E-state index contributed by atoms with van der Waals surface area (Å²) >= 11 is 11.6. The number of para-hydroxylation sites is 1. The molecule has 0 aliphatic carbocycles. The zero-order chi connectivity index (χ0) is 15.5. The Morgan fingerprint density at radius 2 is 1.76 bits per heavy atom. The van der Waals surface area contributed by atoms with Crippen molar-refractivity contribution in [3.63, 3.8) is 0 Å². The Labute approximate surface area is 133 Å². The molecule has 2 aromatic carbocycles. The summed E-state index contributed by atoms with van der Waals surface area (Å²) in [5.74, 6) is 0.145. The van der Waals surface area contributed by atoms with E-state index in [1.807, 2.05) is 0 Å². The van der Waals surface area contributed by atoms with E-state index in [0.29, 0.717) is 17.0 Å². The predicted molar refractivity (Wildman–Crippen MR) is 83.5 cm³/mol. The second-order valence-electron chi connectivity index (χ2n) is 4.35. The highest BCUT2D eigenvalue weighted by Gasteiger charge is 2.15. The molecule has 2 N–H and O–H groups in total. The molecule has 21 heavy (non-hydrogen) atoms. The van der Waals surface area contributed by atoms with Gasteiger partial charge >= 0.3 is 0 Å². The van der Waals surface area contributed by atoms with Crippen LogP contribution in [0.4, 0.5) is 0 Å². The number of halogens is 2. The van der Waals surface area contributed by atoms with Gasteiger partial charge in [-0.2, -0.15) is 0 Å². The van der Waals surface area contributed by atoms with Crippen molar-refractivity contribution in [3.05, 3.63) is 58.1 Å². The molecule has 0 radical (unpaired) electrons. The van der Waals surface area contributed by atoms with Gasteiger partial charge in [-0.1, -0.05) is 41.4 Å². The number of hydrogen-bond donors (Lipinski definition) is 2. The van der Waals surface area contributed by atoms with Crippen LogP contribution in [-0.2, 0) is 16.4 Å². The fourth-order valence-electron chi connectivity index (χ4n) is 1.77. The van der Waals surface area contributed by atoms with Crippen molar-refractivity contribution >= 4 is 33.2 Å². The van der Waals surface area contributed by atoms with Crippen LogP contribution in [0.1, 0.15) is 5.56 Å². The normalized spacial score (nSPS) is 11.5. The minimum atomic E-state index is -3.66. The predicted octanol–water partition coefficient (Wildman–Crippen LogP) is 3.22. The molecule has 0 bridgehead atoms. The van der Waals surface area contributed by atoms with Gasteiger partial charge in [0.15, 0.2) is 0 Å². The van der Waals surface area contributed by atoms with Crippen molar-refractivity contribution in [3.8, 4) is 5.75 Å². The van der Waals surface area contributed by atoms with Gasteiger partial charge in [0.2, 0.25) is 10.0 Å². The molecular formula is C14H13Cl2NO3S. The van der Waals surface area contributed by atoms with Gasteiger partial charge in [-0.15, -0.1) is 0 Å². The van der Waals surface area contributed by atoms with Crippen molar-refractivity contribution < 1.29 is 13.5 Å². The lowest BCUT2D eigenvalue weighted by Gasteiger charge is -2.08. The maximum absolute atomic E-state index is 12.1. The lowest BCUT2D eigenvalue weighted by Crippen LogP contribution is -2.26. The lowest BCUT2D eigenvalue weighted by molar-refractivity contribution is 0.467. The highest BCUT2D eigenvalue weighted by atomic mass is 35.5. The standard InChI is InChI=1S/C14H13Cl2NO3S/c15-12-6-5-11(9-13(12)16)21(19,20)17-8-7-10-3-1-2-4-14(10)18/h1-6,9,17-18H,7-8H2. The highest BCUT2D eigenvalue weighted by molar-refractivity contribution is 7.89. The van der Waals surface area contributed by atoms with Crippen molar-refractivity contribution in [1.82, 2.24) is 4.72 Å². The van der Waals surface area contributed by atoms with Crippen LogP contribution in [-0.4, -0.2) is 20.1 Å². The molecule has 0 aliphatic heterocycles. The molecule has 0 spiro atoms. The zero-order valence-electron chi connectivity index (χ0n) is 10.9. The van der Waals surface area contributed by atoms with E-state index < -0.39 is 10.0 Å². The summed E-state index contributed by atoms with van der Waals surface area (Å²) < 4.78 is 26.6. The van der Waals surface area contributed by atoms with E-state index in [0.717, 1.165) is 0 Å². The van der Waals surface area contributed by atoms with Gasteiger partial charge in [-0.3, -0.25) is 0 Å². The van der Waals surface area contributed by atoms with Gasteiger partial charge in [0.1, 0.15) is 5.75 Å². The molecule has 0 saturated carbocycles. The van der Waals surface area contributed by atoms with E-state index >= 15 is 0 Å². The van der Waals surface area contributed by atoms with E-state index in [-0.39, 0.29) is 22.2 Å². The molecule has 0 aromatic heterocycles. The van der Waals surface area contributed by atoms with Gasteiger partial charge in [-0.05, 0) is 36.2 Å². The molecule has 0 aliphatic rings. The minimum absolute atomic E-state index is 0.0502. The van der Waals surface area contributed by atoms with E-state index in [1.54, 1.807) is 24.3 Å². The topological polar surface area (TPSA) is 66.4 Å². The number of phenolic OH excluding ortho intramolecular Hbond substituents is 1. The summed E-state index contributed by atoms with van der Waals surface area (Å²) in [6, 6.07) is 10.9. The van der Waals surface area contributed by atoms with Crippen LogP contribution in [0.5, 0.6) is 5.75 Å². The summed E-state index contributed by atoms with van der Waals surface area (Å²) in [6.45, 7) is 0.167. The number of hydrogen-bond acceptors (Lipinski definition) is 3. The smallest absolute Gasteiger partial charge is 0.240 e. The largest absolute Gasteiger partial charge is 0.508 e. The van der Waals surface area contributed by atoms with Gasteiger partial charge in [0.25, 0.3) is 0 Å². The van der Waals surface area contributed by atoms with Gasteiger partial charge < -0.3 is 5.11 Å². The summed E-state index contributed by atoms with van der Waals surface area (Å²) in [7, 11) is -3.66. The van der Waals surface area contributed by atoms with E-state index in [1.165, 1.54) is 18.2 Å². The van der Waals surface area contributed by atoms with Gasteiger partial charge in [-0.25, -0.2) is 13.1 Å². The van der Waals surface area contributed by atoms with E-state index in [2.05, 4.69) is 4.72 Å². The Morgan fingerprint density at radius 3 is 2.43 bits per heavy atom. The summed E-state index contributed by atoms with van der Waals surface area (Å²) in [5, 5.41) is 10.1. The number of phenols is 1. The van der Waals surface area contributed by atoms with Crippen LogP contribution < -0.4 is 4.72 Å².